The summed E-state index contributed by atoms with van der Waals surface area (Å²) in [5.41, 5.74) is -2.30. The molecule has 0 saturated carbocycles. The number of rotatable bonds is 8. The largest absolute Gasteiger partial charge is 0.479 e. The van der Waals surface area contributed by atoms with Gasteiger partial charge in [0.25, 0.3) is 0 Å². The predicted octanol–water partition coefficient (Wildman–Crippen LogP) is 4.94. The molecule has 3 atom stereocenters. The maximum absolute atomic E-state index is 15.6. The van der Waals surface area contributed by atoms with Crippen molar-refractivity contribution in [2.75, 3.05) is 6.67 Å². The van der Waals surface area contributed by atoms with Crippen molar-refractivity contribution in [2.24, 2.45) is 5.92 Å². The van der Waals surface area contributed by atoms with E-state index in [9.17, 15) is 18.0 Å². The van der Waals surface area contributed by atoms with Crippen molar-refractivity contribution in [3.8, 4) is 0 Å². The lowest BCUT2D eigenvalue weighted by molar-refractivity contribution is -0.153. The zero-order valence-corrected chi connectivity index (χ0v) is 14.3. The Kier molecular flexibility index (Phi) is 6.40. The molecule has 0 radical (unpaired) electrons. The van der Waals surface area contributed by atoms with Gasteiger partial charge in [-0.25, -0.2) is 18.0 Å². The molecular weight excluding hydrogens is 348 g/mol. The van der Waals surface area contributed by atoms with E-state index in [1.165, 1.54) is 12.1 Å². The van der Waals surface area contributed by atoms with E-state index < -0.39 is 41.8 Å². The number of carbonyl (C=O) groups is 1. The van der Waals surface area contributed by atoms with E-state index in [1.54, 1.807) is 12.1 Å². The molecule has 2 nitrogen and oxygen atoms in total. The molecule has 0 fully saturated rings. The molecule has 0 aliphatic carbocycles. The Balaban J connectivity index is 2.37. The summed E-state index contributed by atoms with van der Waals surface area (Å²) in [5.74, 6) is -4.84. The van der Waals surface area contributed by atoms with Gasteiger partial charge in [0, 0.05) is 11.5 Å². The van der Waals surface area contributed by atoms with Crippen LogP contribution in [0.15, 0.2) is 48.5 Å². The van der Waals surface area contributed by atoms with Crippen LogP contribution in [0.1, 0.15) is 23.1 Å². The number of carboxylic acid groups (broad SMARTS) is 1. The zero-order chi connectivity index (χ0) is 19.3. The van der Waals surface area contributed by atoms with Gasteiger partial charge in [0.2, 0.25) is 6.17 Å². The standard InChI is InChI=1S/C20H20F4O2/c1-13-6-8-14(9-7-13)10-11-15(12-21)20(24,18(23)19(25)26)16-4-2-3-5-17(16)22/h2-9,15,18H,10-12H2,1H3,(H,25,26). The molecule has 0 aliphatic rings. The fourth-order valence-electron chi connectivity index (χ4n) is 3.01. The van der Waals surface area contributed by atoms with Crippen LogP contribution in [-0.4, -0.2) is 23.9 Å². The minimum Gasteiger partial charge on any atom is -0.479 e. The van der Waals surface area contributed by atoms with Crippen LogP contribution in [0.2, 0.25) is 0 Å². The maximum atomic E-state index is 15.6. The Hall–Kier alpha value is -2.37. The molecular formula is C20H20F4O2. The second-order valence-electron chi connectivity index (χ2n) is 6.32. The first-order valence-corrected chi connectivity index (χ1v) is 8.23. The monoisotopic (exact) mass is 368 g/mol. The normalized spacial score (nSPS) is 15.9. The molecule has 0 spiro atoms. The summed E-state index contributed by atoms with van der Waals surface area (Å²) in [6.45, 7) is 0.573. The third-order valence-corrected chi connectivity index (χ3v) is 4.55. The van der Waals surface area contributed by atoms with Gasteiger partial charge in [-0.2, -0.15) is 0 Å². The lowest BCUT2D eigenvalue weighted by Crippen LogP contribution is -2.46. The highest BCUT2D eigenvalue weighted by Gasteiger charge is 2.53. The number of hydrogen-bond acceptors (Lipinski definition) is 1. The van der Waals surface area contributed by atoms with Crippen LogP contribution in [0.5, 0.6) is 0 Å². The lowest BCUT2D eigenvalue weighted by atomic mass is 9.77. The minimum absolute atomic E-state index is 0.169. The molecule has 0 aliphatic heterocycles. The molecule has 0 amide bonds. The van der Waals surface area contributed by atoms with Gasteiger partial charge in [-0.05, 0) is 31.4 Å². The SMILES string of the molecule is Cc1ccc(CCC(CF)C(F)(c2ccccc2F)C(F)C(=O)O)cc1. The van der Waals surface area contributed by atoms with Gasteiger partial charge in [-0.1, -0.05) is 48.0 Å². The highest BCUT2D eigenvalue weighted by atomic mass is 19.2. The molecule has 1 N–H and O–H groups in total. The first-order chi connectivity index (χ1) is 12.3. The van der Waals surface area contributed by atoms with Gasteiger partial charge in [0.05, 0.1) is 6.67 Å². The molecule has 2 aromatic carbocycles. The molecule has 6 heteroatoms. The summed E-state index contributed by atoms with van der Waals surface area (Å²) in [4.78, 5) is 11.1. The van der Waals surface area contributed by atoms with Crippen molar-refractivity contribution < 1.29 is 27.5 Å². The number of alkyl halides is 3. The molecule has 140 valence electrons. The summed E-state index contributed by atoms with van der Waals surface area (Å²) in [7, 11) is 0. The zero-order valence-electron chi connectivity index (χ0n) is 14.3. The van der Waals surface area contributed by atoms with E-state index in [4.69, 9.17) is 5.11 Å². The number of aliphatic carboxylic acids is 1. The number of halogens is 4. The van der Waals surface area contributed by atoms with Crippen molar-refractivity contribution >= 4 is 5.97 Å². The fourth-order valence-corrected chi connectivity index (χ4v) is 3.01. The highest BCUT2D eigenvalue weighted by Crippen LogP contribution is 2.43. The second-order valence-corrected chi connectivity index (χ2v) is 6.32. The van der Waals surface area contributed by atoms with Crippen LogP contribution in [0.3, 0.4) is 0 Å². The Morgan fingerprint density at radius 2 is 1.77 bits per heavy atom. The number of carboxylic acids is 1. The van der Waals surface area contributed by atoms with Crippen LogP contribution in [-0.2, 0) is 16.9 Å². The number of aryl methyl sites for hydroxylation is 2. The summed E-state index contributed by atoms with van der Waals surface area (Å²) in [6, 6.07) is 11.6. The first kappa shape index (κ1) is 19.9. The van der Waals surface area contributed by atoms with E-state index >= 15 is 4.39 Å². The molecule has 0 bridgehead atoms. The van der Waals surface area contributed by atoms with Gasteiger partial charge in [0.15, 0.2) is 5.67 Å². The number of benzene rings is 2. The Labute approximate surface area is 149 Å². The Morgan fingerprint density at radius 1 is 1.15 bits per heavy atom. The third-order valence-electron chi connectivity index (χ3n) is 4.55. The van der Waals surface area contributed by atoms with Gasteiger partial charge >= 0.3 is 5.97 Å². The van der Waals surface area contributed by atoms with E-state index in [0.717, 1.165) is 23.3 Å². The van der Waals surface area contributed by atoms with Crippen LogP contribution in [0.4, 0.5) is 17.6 Å². The molecule has 0 aromatic heterocycles. The highest BCUT2D eigenvalue weighted by molar-refractivity contribution is 5.74. The first-order valence-electron chi connectivity index (χ1n) is 8.23. The van der Waals surface area contributed by atoms with Gasteiger partial charge in [-0.15, -0.1) is 0 Å². The van der Waals surface area contributed by atoms with Crippen LogP contribution in [0.25, 0.3) is 0 Å². The summed E-state index contributed by atoms with van der Waals surface area (Å²) < 4.78 is 57.7. The molecule has 2 rings (SSSR count). The molecule has 0 saturated heterocycles. The summed E-state index contributed by atoms with van der Waals surface area (Å²) in [5, 5.41) is 8.97. The summed E-state index contributed by atoms with van der Waals surface area (Å²) in [6.07, 6.45) is -3.04. The number of hydrogen-bond donors (Lipinski definition) is 1. The fraction of sp³-hybridized carbons (Fsp3) is 0.350. The van der Waals surface area contributed by atoms with Crippen molar-refractivity contribution in [3.63, 3.8) is 0 Å². The van der Waals surface area contributed by atoms with E-state index in [2.05, 4.69) is 0 Å². The van der Waals surface area contributed by atoms with Gasteiger partial charge in [0.1, 0.15) is 5.82 Å². The Morgan fingerprint density at radius 3 is 2.31 bits per heavy atom. The molecule has 26 heavy (non-hydrogen) atoms. The van der Waals surface area contributed by atoms with Crippen LogP contribution in [0, 0.1) is 18.7 Å². The van der Waals surface area contributed by atoms with Gasteiger partial charge < -0.3 is 5.11 Å². The molecule has 2 aromatic rings. The summed E-state index contributed by atoms with van der Waals surface area (Å²) >= 11 is 0. The van der Waals surface area contributed by atoms with Gasteiger partial charge in [-0.3, -0.25) is 4.39 Å². The predicted molar refractivity (Wildman–Crippen MR) is 90.7 cm³/mol. The van der Waals surface area contributed by atoms with Crippen LogP contribution < -0.4 is 0 Å². The molecule has 3 unspecified atom stereocenters. The Bertz CT molecular complexity index is 748. The topological polar surface area (TPSA) is 37.3 Å². The average Bonchev–Trinajstić information content (AvgIpc) is 2.63. The van der Waals surface area contributed by atoms with Crippen LogP contribution >= 0.6 is 0 Å². The van der Waals surface area contributed by atoms with Crippen molar-refractivity contribution in [2.45, 2.75) is 31.6 Å². The van der Waals surface area contributed by atoms with E-state index in [-0.39, 0.29) is 12.8 Å². The average molecular weight is 368 g/mol. The van der Waals surface area contributed by atoms with E-state index in [1.807, 2.05) is 19.1 Å². The van der Waals surface area contributed by atoms with Crippen molar-refractivity contribution in [1.82, 2.24) is 0 Å². The quantitative estimate of drug-likeness (QED) is 0.670. The smallest absolute Gasteiger partial charge is 0.342 e. The third kappa shape index (κ3) is 4.06. The lowest BCUT2D eigenvalue weighted by Gasteiger charge is -2.34. The van der Waals surface area contributed by atoms with Crippen molar-refractivity contribution in [3.05, 3.63) is 71.0 Å². The minimum atomic E-state index is -3.31. The van der Waals surface area contributed by atoms with Crippen molar-refractivity contribution in [1.29, 1.82) is 0 Å². The second kappa shape index (κ2) is 8.34. The maximum Gasteiger partial charge on any atom is 0.342 e. The van der Waals surface area contributed by atoms with E-state index in [0.29, 0.717) is 0 Å². The molecule has 0 heterocycles.